The maximum absolute atomic E-state index is 11.9. The van der Waals surface area contributed by atoms with Crippen LogP contribution in [0.15, 0.2) is 52.1 Å². The molecule has 3 N–H and O–H groups in total. The smallest absolute Gasteiger partial charge is 0.287 e. The van der Waals surface area contributed by atoms with Gasteiger partial charge in [-0.1, -0.05) is 30.3 Å². The first-order valence-electron chi connectivity index (χ1n) is 8.51. The lowest BCUT2D eigenvalue weighted by Gasteiger charge is -2.12. The number of carbonyl (C=O) groups is 1. The third kappa shape index (κ3) is 7.47. The highest BCUT2D eigenvalue weighted by Crippen LogP contribution is 2.07. The molecule has 0 fully saturated rings. The number of amides is 1. The van der Waals surface area contributed by atoms with Crippen LogP contribution in [0.3, 0.4) is 0 Å². The van der Waals surface area contributed by atoms with Crippen molar-refractivity contribution in [2.24, 2.45) is 4.99 Å². The Morgan fingerprint density at radius 2 is 1.73 bits per heavy atom. The number of aliphatic imine (C=N–C) groups is 1. The van der Waals surface area contributed by atoms with E-state index in [4.69, 9.17) is 4.42 Å². The molecule has 1 aromatic heterocycles. The Morgan fingerprint density at radius 3 is 2.38 bits per heavy atom. The normalized spacial score (nSPS) is 10.8. The van der Waals surface area contributed by atoms with Crippen molar-refractivity contribution in [1.82, 2.24) is 16.0 Å². The molecule has 6 nitrogen and oxygen atoms in total. The third-order valence-corrected chi connectivity index (χ3v) is 3.77. The highest BCUT2D eigenvalue weighted by atomic mass is 127. The van der Waals surface area contributed by atoms with Crippen LogP contribution in [0.25, 0.3) is 0 Å². The molecule has 0 saturated heterocycles. The molecular weight excluding hydrogens is 443 g/mol. The Labute approximate surface area is 171 Å². The van der Waals surface area contributed by atoms with Gasteiger partial charge in [0.15, 0.2) is 11.7 Å². The number of carbonyl (C=O) groups excluding carboxylic acids is 1. The van der Waals surface area contributed by atoms with E-state index in [0.29, 0.717) is 12.3 Å². The number of aryl methyl sites for hydroxylation is 1. The van der Waals surface area contributed by atoms with Gasteiger partial charge in [0.05, 0.1) is 6.26 Å². The quantitative estimate of drug-likeness (QED) is 0.240. The van der Waals surface area contributed by atoms with Gasteiger partial charge in [-0.05, 0) is 31.4 Å². The molecule has 26 heavy (non-hydrogen) atoms. The molecule has 0 aliphatic carbocycles. The van der Waals surface area contributed by atoms with Crippen molar-refractivity contribution in [2.45, 2.75) is 19.8 Å². The average Bonchev–Trinajstić information content (AvgIpc) is 3.06. The number of hydrogen-bond acceptors (Lipinski definition) is 3. The lowest BCUT2D eigenvalue weighted by molar-refractivity contribution is 0.0925. The zero-order chi connectivity index (χ0) is 17.9. The second-order valence-corrected chi connectivity index (χ2v) is 5.70. The fourth-order valence-electron chi connectivity index (χ4n) is 2.37. The van der Waals surface area contributed by atoms with E-state index in [9.17, 15) is 4.79 Å². The van der Waals surface area contributed by atoms with Gasteiger partial charge in [-0.3, -0.25) is 9.79 Å². The number of benzene rings is 1. The van der Waals surface area contributed by atoms with Crippen molar-refractivity contribution in [3.8, 4) is 0 Å². The minimum absolute atomic E-state index is 0. The van der Waals surface area contributed by atoms with Crippen LogP contribution in [-0.2, 0) is 6.42 Å². The molecule has 0 bridgehead atoms. The van der Waals surface area contributed by atoms with Crippen LogP contribution in [0, 0.1) is 6.92 Å². The Hall–Kier alpha value is -2.03. The van der Waals surface area contributed by atoms with Gasteiger partial charge in [0.25, 0.3) is 5.91 Å². The number of halogens is 1. The van der Waals surface area contributed by atoms with Gasteiger partial charge in [0.2, 0.25) is 0 Å². The lowest BCUT2D eigenvalue weighted by atomic mass is 10.1. The van der Waals surface area contributed by atoms with E-state index in [-0.39, 0.29) is 29.9 Å². The highest BCUT2D eigenvalue weighted by Gasteiger charge is 2.11. The molecule has 0 aliphatic rings. The molecule has 2 rings (SSSR count). The predicted octanol–water partition coefficient (Wildman–Crippen LogP) is 2.73. The summed E-state index contributed by atoms with van der Waals surface area (Å²) in [6.07, 6.45) is 3.27. The number of rotatable bonds is 8. The molecule has 2 aromatic rings. The minimum Gasteiger partial charge on any atom is -0.459 e. The van der Waals surface area contributed by atoms with Crippen molar-refractivity contribution < 1.29 is 9.21 Å². The van der Waals surface area contributed by atoms with E-state index in [1.807, 2.05) is 25.1 Å². The molecule has 0 spiro atoms. The first-order chi connectivity index (χ1) is 12.2. The van der Waals surface area contributed by atoms with Crippen molar-refractivity contribution in [2.75, 3.05) is 26.7 Å². The first-order valence-corrected chi connectivity index (χ1v) is 8.51. The summed E-state index contributed by atoms with van der Waals surface area (Å²) < 4.78 is 5.16. The molecule has 0 radical (unpaired) electrons. The summed E-state index contributed by atoms with van der Waals surface area (Å²) in [5.74, 6) is 0.975. The van der Waals surface area contributed by atoms with E-state index in [0.717, 1.165) is 37.5 Å². The summed E-state index contributed by atoms with van der Waals surface area (Å²) >= 11 is 0. The van der Waals surface area contributed by atoms with Gasteiger partial charge in [0.1, 0.15) is 0 Å². The SMILES string of the molecule is CN=C(NCCCNC(=O)c1occc1C)NCCc1ccccc1.I. The van der Waals surface area contributed by atoms with Crippen molar-refractivity contribution in [3.63, 3.8) is 0 Å². The van der Waals surface area contributed by atoms with Crippen molar-refractivity contribution >= 4 is 35.8 Å². The van der Waals surface area contributed by atoms with Gasteiger partial charge in [0, 0.05) is 32.2 Å². The Kier molecular flexibility index (Phi) is 10.5. The van der Waals surface area contributed by atoms with Crippen LogP contribution < -0.4 is 16.0 Å². The summed E-state index contributed by atoms with van der Waals surface area (Å²) in [5.41, 5.74) is 2.14. The Balaban J connectivity index is 0.00000338. The number of furan rings is 1. The number of nitrogens with one attached hydrogen (secondary N) is 3. The summed E-state index contributed by atoms with van der Waals surface area (Å²) in [6, 6.07) is 12.1. The van der Waals surface area contributed by atoms with Crippen LogP contribution in [0.2, 0.25) is 0 Å². The lowest BCUT2D eigenvalue weighted by Crippen LogP contribution is -2.39. The van der Waals surface area contributed by atoms with Crippen LogP contribution in [0.4, 0.5) is 0 Å². The zero-order valence-electron chi connectivity index (χ0n) is 15.2. The van der Waals surface area contributed by atoms with Crippen LogP contribution in [-0.4, -0.2) is 38.5 Å². The molecule has 1 amide bonds. The Bertz CT molecular complexity index is 686. The average molecular weight is 470 g/mol. The fourth-order valence-corrected chi connectivity index (χ4v) is 2.37. The van der Waals surface area contributed by atoms with Crippen LogP contribution >= 0.6 is 24.0 Å². The number of guanidine groups is 1. The number of hydrogen-bond donors (Lipinski definition) is 3. The molecule has 0 atom stereocenters. The molecule has 0 unspecified atom stereocenters. The monoisotopic (exact) mass is 470 g/mol. The second-order valence-electron chi connectivity index (χ2n) is 5.70. The Morgan fingerprint density at radius 1 is 1.04 bits per heavy atom. The van der Waals surface area contributed by atoms with Gasteiger partial charge < -0.3 is 20.4 Å². The minimum atomic E-state index is -0.173. The first kappa shape index (κ1) is 22.0. The van der Waals surface area contributed by atoms with Crippen molar-refractivity contribution in [1.29, 1.82) is 0 Å². The van der Waals surface area contributed by atoms with Crippen LogP contribution in [0.1, 0.15) is 28.1 Å². The molecule has 0 saturated carbocycles. The van der Waals surface area contributed by atoms with Gasteiger partial charge in [-0.2, -0.15) is 0 Å². The van der Waals surface area contributed by atoms with E-state index >= 15 is 0 Å². The largest absolute Gasteiger partial charge is 0.459 e. The van der Waals surface area contributed by atoms with E-state index in [1.165, 1.54) is 11.8 Å². The maximum atomic E-state index is 11.9. The van der Waals surface area contributed by atoms with Gasteiger partial charge >= 0.3 is 0 Å². The molecule has 0 aliphatic heterocycles. The van der Waals surface area contributed by atoms with Crippen molar-refractivity contribution in [3.05, 3.63) is 59.5 Å². The molecular formula is C19H27IN4O2. The fraction of sp³-hybridized carbons (Fsp3) is 0.368. The summed E-state index contributed by atoms with van der Waals surface area (Å²) in [4.78, 5) is 16.1. The molecule has 142 valence electrons. The molecule has 7 heteroatoms. The maximum Gasteiger partial charge on any atom is 0.287 e. The van der Waals surface area contributed by atoms with E-state index in [2.05, 4.69) is 33.1 Å². The summed E-state index contributed by atoms with van der Waals surface area (Å²) in [7, 11) is 1.75. The van der Waals surface area contributed by atoms with Crippen LogP contribution in [0.5, 0.6) is 0 Å². The summed E-state index contributed by atoms with van der Waals surface area (Å²) in [6.45, 7) is 3.97. The third-order valence-electron chi connectivity index (χ3n) is 3.77. The van der Waals surface area contributed by atoms with Gasteiger partial charge in [-0.25, -0.2) is 0 Å². The van der Waals surface area contributed by atoms with Gasteiger partial charge in [-0.15, -0.1) is 24.0 Å². The zero-order valence-corrected chi connectivity index (χ0v) is 17.6. The summed E-state index contributed by atoms with van der Waals surface area (Å²) in [5, 5.41) is 9.37. The standard InChI is InChI=1S/C19H26N4O2.HI/c1-15-10-14-25-17(15)18(24)21-11-6-12-22-19(20-2)23-13-9-16-7-4-3-5-8-16;/h3-5,7-8,10,14H,6,9,11-13H2,1-2H3,(H,21,24)(H2,20,22,23);1H. The van der Waals surface area contributed by atoms with E-state index in [1.54, 1.807) is 13.1 Å². The number of nitrogens with zero attached hydrogens (tertiary/aromatic N) is 1. The topological polar surface area (TPSA) is 78.7 Å². The molecule has 1 heterocycles. The second kappa shape index (κ2) is 12.3. The molecule has 1 aromatic carbocycles. The highest BCUT2D eigenvalue weighted by molar-refractivity contribution is 14.0. The predicted molar refractivity (Wildman–Crippen MR) is 115 cm³/mol. The van der Waals surface area contributed by atoms with E-state index < -0.39 is 0 Å².